The first-order valence-corrected chi connectivity index (χ1v) is 40.2. The Morgan fingerprint density at radius 1 is 0.172 bits per heavy atom. The molecule has 720 valence electrons. The molecule has 0 aliphatic carbocycles. The lowest BCUT2D eigenvalue weighted by Crippen LogP contribution is -2.65. The Morgan fingerprint density at radius 2 is 0.328 bits per heavy atom. The van der Waals surface area contributed by atoms with E-state index in [0.717, 1.165) is 0 Å². The topological polar surface area (TPSA) is 836 Å². The van der Waals surface area contributed by atoms with Crippen LogP contribution >= 0.6 is 0 Å². The summed E-state index contributed by atoms with van der Waals surface area (Å²) >= 11 is 0. The van der Waals surface area contributed by atoms with Crippen molar-refractivity contribution < 1.29 is 249 Å². The summed E-state index contributed by atoms with van der Waals surface area (Å²) in [5.41, 5.74) is 0. The minimum atomic E-state index is -1.90. The first-order valence-electron chi connectivity index (χ1n) is 40.2. The van der Waals surface area contributed by atoms with Crippen LogP contribution in [-0.4, -0.2) is 546 Å². The van der Waals surface area contributed by atoms with Gasteiger partial charge in [-0.15, -0.1) is 0 Å². The Balaban J connectivity index is 0.000000241. The zero-order valence-corrected chi connectivity index (χ0v) is 68.0. The van der Waals surface area contributed by atoms with Gasteiger partial charge in [-0.2, -0.15) is 0 Å². The van der Waals surface area contributed by atoms with Gasteiger partial charge < -0.3 is 249 Å². The van der Waals surface area contributed by atoms with Crippen molar-refractivity contribution in [2.75, 3.05) is 66.1 Å². The Morgan fingerprint density at radius 3 is 0.557 bits per heavy atom. The number of hydrogen-bond acceptors (Lipinski definition) is 50. The molecule has 10 rings (SSSR count). The van der Waals surface area contributed by atoms with Crippen molar-refractivity contribution in [2.45, 2.75) is 362 Å². The van der Waals surface area contributed by atoms with Crippen LogP contribution in [0.2, 0.25) is 0 Å². The predicted molar refractivity (Wildman–Crippen MR) is 390 cm³/mol. The van der Waals surface area contributed by atoms with Gasteiger partial charge in [-0.25, -0.2) is 0 Å². The molecule has 0 amide bonds. The average molecular weight is 1800 g/mol. The first-order chi connectivity index (χ1) is 57.2. The second kappa shape index (κ2) is 47.9. The quantitative estimate of drug-likeness (QED) is 0.0382. The maximum Gasteiger partial charge on any atom is 0.187 e. The number of aliphatic hydroxyl groups is 34. The molecule has 0 bridgehead atoms. The van der Waals surface area contributed by atoms with Gasteiger partial charge in [-0.05, 0) is 23.7 Å². The third-order valence-corrected chi connectivity index (χ3v) is 22.9. The Bertz CT molecular complexity index is 2940. The van der Waals surface area contributed by atoms with Crippen LogP contribution in [0.4, 0.5) is 0 Å². The monoisotopic (exact) mass is 1800 g/mol. The first kappa shape index (κ1) is 107. The standard InChI is InChI=1S/C27H48O20.C21H38O15.C15H28O10.C9H18O5/c1-7(2)23-20(38)16(34)14(32)10(43-23)5-41-25-21(39)18(36)15(33)11(46-25)6-42-27-24(19(37)13(31)9(4-29)45-27)47-26-22(40)17(35)12(30)8(3-28)44-26;1-6(2)19-16(29)13(26)11(24)8(34-19)4-32-21-18(31)15(28)12(25)9(36-21)5-33-20-17(30)14(27)10(23)7(3-22)35-20;1-5(2)14-12(21)10(19)9(18)7(24-14)4-23-15-13(22)11(20)8(17)6(3-16)25-15;1-4(2)9-8(13)7(12)6(11)5(3-10)14-9/h7-40H,3-6H2,1-2H3;6-31H,3-5H2,1-2H3;5-22H,3-4H2,1-2H3;4-13H,3H2,1-2H3/t8?,9?,10?,11?,12-,13-,14-,15-,16+,17+,18+,19+,20?,21?,22?,23-,24?,25+,26-,27+;7?,8?,9?,10-,11-,12-,13+,14+,15+,16?,17?,18?,19-,20+,21+;6?,7?,8-,9-,10+,11+,12?,13?,14-,15+;5?,6-,7+,8?,9-/m1111/s1. The molecular weight excluding hydrogens is 1660 g/mol. The average Bonchev–Trinajstić information content (AvgIpc) is 0.780. The van der Waals surface area contributed by atoms with Crippen LogP contribution in [0.1, 0.15) is 55.4 Å². The van der Waals surface area contributed by atoms with Gasteiger partial charge in [0.15, 0.2) is 37.7 Å². The van der Waals surface area contributed by atoms with Crippen molar-refractivity contribution in [2.24, 2.45) is 23.7 Å². The minimum absolute atomic E-state index is 0.0150. The molecule has 50 atom stereocenters. The summed E-state index contributed by atoms with van der Waals surface area (Å²) in [6.45, 7) is 8.57. The summed E-state index contributed by atoms with van der Waals surface area (Å²) in [6, 6.07) is 0. The SMILES string of the molecule is CC(C)[C@H]1OC(CO)[C@@H](O)[C@H](O)C1O.CC(C)[C@H]1OC(CO[C@H]2OC(CO)[C@@H](O)[C@H](O)C2O)[C@@H](O)[C@H](O)C1O.CC(C)[C@H]1OC(CO[C@H]2OC(CO[C@H]3OC(CO)[C@@H](O)[C@H](O)C3O)[C@@H](O)[C@H](O)C2O)[C@@H](O)[C@H](O)C1O.CC(C)[C@H]1OC(CO[C@H]2OC(CO[C@H]3OC(CO)[C@@H](O)[C@H](O)C3O[C@H]3OC(CO)[C@@H](O)[C@H](O)C3O)[C@@H](O)[C@H](O)C2O)[C@@H](O)[C@H](O)C1O. The lowest BCUT2D eigenvalue weighted by Gasteiger charge is -2.46. The zero-order valence-electron chi connectivity index (χ0n) is 68.0. The van der Waals surface area contributed by atoms with E-state index < -0.39 is 359 Å². The van der Waals surface area contributed by atoms with E-state index in [1.807, 2.05) is 13.8 Å². The van der Waals surface area contributed by atoms with Gasteiger partial charge in [0.1, 0.15) is 244 Å². The van der Waals surface area contributed by atoms with Gasteiger partial charge in [0, 0.05) is 0 Å². The molecule has 0 saturated carbocycles. The fourth-order valence-corrected chi connectivity index (χ4v) is 15.1. The molecule has 0 radical (unpaired) electrons. The molecule has 0 spiro atoms. The van der Waals surface area contributed by atoms with Crippen molar-refractivity contribution in [3.05, 3.63) is 0 Å². The number of ether oxygens (including phenoxy) is 16. The summed E-state index contributed by atoms with van der Waals surface area (Å²) in [6.07, 6.45) is -72.2. The fraction of sp³-hybridized carbons (Fsp3) is 1.00. The predicted octanol–water partition coefficient (Wildman–Crippen LogP) is -19.1. The van der Waals surface area contributed by atoms with Crippen molar-refractivity contribution in [1.82, 2.24) is 0 Å². The largest absolute Gasteiger partial charge is 0.394 e. The van der Waals surface area contributed by atoms with E-state index >= 15 is 0 Å². The van der Waals surface area contributed by atoms with Crippen LogP contribution in [0.3, 0.4) is 0 Å². The number of hydrogen-bond donors (Lipinski definition) is 34. The van der Waals surface area contributed by atoms with E-state index in [0.29, 0.717) is 0 Å². The molecule has 10 aliphatic heterocycles. The van der Waals surface area contributed by atoms with E-state index in [-0.39, 0.29) is 36.9 Å². The van der Waals surface area contributed by atoms with Crippen LogP contribution in [0.25, 0.3) is 0 Å². The second-order valence-electron chi connectivity index (χ2n) is 33.2. The van der Waals surface area contributed by atoms with E-state index in [1.165, 1.54) is 0 Å². The molecule has 0 aromatic carbocycles. The van der Waals surface area contributed by atoms with Crippen molar-refractivity contribution >= 4 is 0 Å². The lowest BCUT2D eigenvalue weighted by molar-refractivity contribution is -0.373. The number of rotatable bonds is 26. The Kier molecular flexibility index (Phi) is 42.0. The van der Waals surface area contributed by atoms with Crippen molar-refractivity contribution in [1.29, 1.82) is 0 Å². The highest BCUT2D eigenvalue weighted by Gasteiger charge is 2.57. The third-order valence-electron chi connectivity index (χ3n) is 22.9. The molecular formula is C72H132O50. The second-order valence-corrected chi connectivity index (χ2v) is 33.2. The highest BCUT2D eigenvalue weighted by atomic mass is 16.8. The van der Waals surface area contributed by atoms with Crippen molar-refractivity contribution in [3.8, 4) is 0 Å². The van der Waals surface area contributed by atoms with Crippen LogP contribution in [0.5, 0.6) is 0 Å². The van der Waals surface area contributed by atoms with E-state index in [4.69, 9.17) is 86.0 Å². The molecule has 10 aliphatic rings. The smallest absolute Gasteiger partial charge is 0.187 e. The molecule has 10 saturated heterocycles. The normalized spacial score (nSPS) is 49.7. The molecule has 50 heteroatoms. The lowest BCUT2D eigenvalue weighted by atomic mass is 9.89. The van der Waals surface area contributed by atoms with E-state index in [2.05, 4.69) is 0 Å². The fourth-order valence-electron chi connectivity index (χ4n) is 15.1. The van der Waals surface area contributed by atoms with Gasteiger partial charge in [0.05, 0.1) is 90.5 Å². The Hall–Kier alpha value is -2.00. The van der Waals surface area contributed by atoms with Gasteiger partial charge in [0.2, 0.25) is 0 Å². The molecule has 34 N–H and O–H groups in total. The highest BCUT2D eigenvalue weighted by molar-refractivity contribution is 5.01. The van der Waals surface area contributed by atoms with Gasteiger partial charge in [-0.1, -0.05) is 55.4 Å². The zero-order chi connectivity index (χ0) is 91.6. The third kappa shape index (κ3) is 25.2. The van der Waals surface area contributed by atoms with E-state index in [1.54, 1.807) is 41.5 Å². The minimum Gasteiger partial charge on any atom is -0.394 e. The molecule has 122 heavy (non-hydrogen) atoms. The molecule has 10 fully saturated rings. The maximum absolute atomic E-state index is 10.8. The molecule has 50 nitrogen and oxygen atoms in total. The summed E-state index contributed by atoms with van der Waals surface area (Å²) in [4.78, 5) is 0. The number of aliphatic hydroxyl groups excluding tert-OH is 34. The summed E-state index contributed by atoms with van der Waals surface area (Å²) < 4.78 is 87.5. The summed E-state index contributed by atoms with van der Waals surface area (Å²) in [5.74, 6) is -0.583. The van der Waals surface area contributed by atoms with Gasteiger partial charge in [0.25, 0.3) is 0 Å². The van der Waals surface area contributed by atoms with Crippen LogP contribution in [0, 0.1) is 23.7 Å². The van der Waals surface area contributed by atoms with Gasteiger partial charge in [-0.3, -0.25) is 0 Å². The Labute approximate surface area is 698 Å². The molecule has 20 unspecified atom stereocenters. The van der Waals surface area contributed by atoms with Crippen LogP contribution < -0.4 is 0 Å². The summed E-state index contributed by atoms with van der Waals surface area (Å²) in [5, 5.41) is 340. The van der Waals surface area contributed by atoms with Crippen LogP contribution in [0.15, 0.2) is 0 Å². The molecule has 0 aromatic heterocycles. The van der Waals surface area contributed by atoms with E-state index in [9.17, 15) is 163 Å². The van der Waals surface area contributed by atoms with Gasteiger partial charge >= 0.3 is 0 Å². The molecule has 10 heterocycles. The summed E-state index contributed by atoms with van der Waals surface area (Å²) in [7, 11) is 0. The highest BCUT2D eigenvalue weighted by Crippen LogP contribution is 2.37. The molecule has 0 aromatic rings. The van der Waals surface area contributed by atoms with Crippen LogP contribution in [-0.2, 0) is 75.8 Å². The maximum atomic E-state index is 10.8. The van der Waals surface area contributed by atoms with Crippen molar-refractivity contribution in [3.63, 3.8) is 0 Å².